The summed E-state index contributed by atoms with van der Waals surface area (Å²) in [5, 5.41) is 4.48. The molecule has 1 aromatic carbocycles. The molecule has 2 aliphatic rings. The summed E-state index contributed by atoms with van der Waals surface area (Å²) in [7, 11) is 0. The third-order valence-electron chi connectivity index (χ3n) is 4.79. The second-order valence-electron chi connectivity index (χ2n) is 6.32. The van der Waals surface area contributed by atoms with Gasteiger partial charge in [-0.2, -0.15) is 0 Å². The van der Waals surface area contributed by atoms with E-state index in [0.29, 0.717) is 5.54 Å². The van der Waals surface area contributed by atoms with E-state index in [0.717, 1.165) is 37.1 Å². The SMILES string of the molecule is Cc1ccc(CN2CCNCC2(C)C2CC2)c(Cl)c1. The molecule has 0 bridgehead atoms. The fourth-order valence-corrected chi connectivity index (χ4v) is 3.57. The monoisotopic (exact) mass is 278 g/mol. The van der Waals surface area contributed by atoms with Crippen molar-refractivity contribution in [2.75, 3.05) is 19.6 Å². The minimum Gasteiger partial charge on any atom is -0.314 e. The van der Waals surface area contributed by atoms with Crippen LogP contribution in [0.4, 0.5) is 0 Å². The quantitative estimate of drug-likeness (QED) is 0.913. The number of nitrogens with one attached hydrogen (secondary N) is 1. The van der Waals surface area contributed by atoms with Gasteiger partial charge in [0.25, 0.3) is 0 Å². The predicted octanol–water partition coefficient (Wildman–Crippen LogP) is 3.22. The molecule has 0 amide bonds. The largest absolute Gasteiger partial charge is 0.314 e. The first-order chi connectivity index (χ1) is 9.09. The highest BCUT2D eigenvalue weighted by Gasteiger charge is 2.46. The van der Waals surface area contributed by atoms with Gasteiger partial charge >= 0.3 is 0 Å². The molecule has 0 radical (unpaired) electrons. The van der Waals surface area contributed by atoms with E-state index >= 15 is 0 Å². The Morgan fingerprint density at radius 2 is 2.21 bits per heavy atom. The molecule has 1 atom stereocenters. The van der Waals surface area contributed by atoms with Gasteiger partial charge in [0.1, 0.15) is 0 Å². The van der Waals surface area contributed by atoms with Crippen LogP contribution in [0, 0.1) is 12.8 Å². The Morgan fingerprint density at radius 1 is 1.42 bits per heavy atom. The molecule has 3 heteroatoms. The number of nitrogens with zero attached hydrogens (tertiary/aromatic N) is 1. The molecule has 3 rings (SSSR count). The van der Waals surface area contributed by atoms with Crippen molar-refractivity contribution < 1.29 is 0 Å². The number of hydrogen-bond acceptors (Lipinski definition) is 2. The van der Waals surface area contributed by atoms with Gasteiger partial charge in [-0.3, -0.25) is 4.90 Å². The normalized spacial score (nSPS) is 28.6. The molecule has 0 spiro atoms. The minimum absolute atomic E-state index is 0.312. The zero-order valence-corrected chi connectivity index (χ0v) is 12.6. The summed E-state index contributed by atoms with van der Waals surface area (Å²) in [4.78, 5) is 2.64. The van der Waals surface area contributed by atoms with Crippen LogP contribution in [0.1, 0.15) is 30.9 Å². The molecule has 1 N–H and O–H groups in total. The third kappa shape index (κ3) is 2.67. The smallest absolute Gasteiger partial charge is 0.0453 e. The first-order valence-electron chi connectivity index (χ1n) is 7.30. The molecule has 1 unspecified atom stereocenters. The molecule has 2 nitrogen and oxygen atoms in total. The Labute approximate surface area is 121 Å². The van der Waals surface area contributed by atoms with Crippen molar-refractivity contribution in [2.24, 2.45) is 5.92 Å². The van der Waals surface area contributed by atoms with Crippen LogP contribution < -0.4 is 5.32 Å². The Kier molecular flexibility index (Phi) is 3.59. The lowest BCUT2D eigenvalue weighted by molar-refractivity contribution is 0.0485. The molecule has 2 fully saturated rings. The summed E-state index contributed by atoms with van der Waals surface area (Å²) in [5.41, 5.74) is 2.81. The summed E-state index contributed by atoms with van der Waals surface area (Å²) < 4.78 is 0. The standard InChI is InChI=1S/C16H23ClN2/c1-12-3-4-13(15(17)9-12)10-19-8-7-18-11-16(19,2)14-5-6-14/h3-4,9,14,18H,5-8,10-11H2,1-2H3. The van der Waals surface area contributed by atoms with Gasteiger partial charge in [0, 0.05) is 36.7 Å². The molecule has 1 aromatic rings. The Bertz CT molecular complexity index is 470. The van der Waals surface area contributed by atoms with Gasteiger partial charge in [0.2, 0.25) is 0 Å². The van der Waals surface area contributed by atoms with Crippen molar-refractivity contribution in [1.29, 1.82) is 0 Å². The summed E-state index contributed by atoms with van der Waals surface area (Å²) in [6.07, 6.45) is 2.77. The number of benzene rings is 1. The highest BCUT2D eigenvalue weighted by atomic mass is 35.5. The lowest BCUT2D eigenvalue weighted by Crippen LogP contribution is -2.60. The summed E-state index contributed by atoms with van der Waals surface area (Å²) in [6.45, 7) is 8.81. The van der Waals surface area contributed by atoms with Gasteiger partial charge in [-0.05, 0) is 49.8 Å². The summed E-state index contributed by atoms with van der Waals surface area (Å²) in [6, 6.07) is 6.43. The highest BCUT2D eigenvalue weighted by Crippen LogP contribution is 2.44. The molecule has 0 aromatic heterocycles. The molecular weight excluding hydrogens is 256 g/mol. The molecule has 1 aliphatic heterocycles. The first-order valence-corrected chi connectivity index (χ1v) is 7.68. The highest BCUT2D eigenvalue weighted by molar-refractivity contribution is 6.31. The lowest BCUT2D eigenvalue weighted by atomic mass is 9.90. The number of hydrogen-bond donors (Lipinski definition) is 1. The Balaban J connectivity index is 1.80. The van der Waals surface area contributed by atoms with E-state index in [2.05, 4.69) is 42.3 Å². The van der Waals surface area contributed by atoms with E-state index in [1.807, 2.05) is 0 Å². The van der Waals surface area contributed by atoms with Crippen molar-refractivity contribution in [2.45, 2.75) is 38.8 Å². The van der Waals surface area contributed by atoms with Crippen LogP contribution in [-0.2, 0) is 6.54 Å². The van der Waals surface area contributed by atoms with E-state index in [4.69, 9.17) is 11.6 Å². The van der Waals surface area contributed by atoms with Crippen molar-refractivity contribution in [1.82, 2.24) is 10.2 Å². The van der Waals surface area contributed by atoms with Crippen molar-refractivity contribution in [3.63, 3.8) is 0 Å². The maximum atomic E-state index is 6.39. The van der Waals surface area contributed by atoms with Gasteiger partial charge in [-0.1, -0.05) is 23.7 Å². The Hall–Kier alpha value is -0.570. The van der Waals surface area contributed by atoms with Gasteiger partial charge in [-0.25, -0.2) is 0 Å². The van der Waals surface area contributed by atoms with Crippen LogP contribution in [0.3, 0.4) is 0 Å². The van der Waals surface area contributed by atoms with E-state index < -0.39 is 0 Å². The van der Waals surface area contributed by atoms with Gasteiger partial charge in [0.15, 0.2) is 0 Å². The van der Waals surface area contributed by atoms with Gasteiger partial charge < -0.3 is 5.32 Å². The molecular formula is C16H23ClN2. The summed E-state index contributed by atoms with van der Waals surface area (Å²) >= 11 is 6.39. The number of piperazine rings is 1. The third-order valence-corrected chi connectivity index (χ3v) is 5.14. The summed E-state index contributed by atoms with van der Waals surface area (Å²) in [5.74, 6) is 0.865. The fraction of sp³-hybridized carbons (Fsp3) is 0.625. The molecule has 19 heavy (non-hydrogen) atoms. The van der Waals surface area contributed by atoms with Crippen molar-refractivity contribution in [3.05, 3.63) is 34.3 Å². The van der Waals surface area contributed by atoms with Crippen LogP contribution >= 0.6 is 11.6 Å². The second-order valence-corrected chi connectivity index (χ2v) is 6.73. The van der Waals surface area contributed by atoms with Gasteiger partial charge in [0.05, 0.1) is 0 Å². The van der Waals surface area contributed by atoms with Gasteiger partial charge in [-0.15, -0.1) is 0 Å². The lowest BCUT2D eigenvalue weighted by Gasteiger charge is -2.46. The molecule has 1 aliphatic carbocycles. The maximum absolute atomic E-state index is 6.39. The van der Waals surface area contributed by atoms with E-state index in [1.54, 1.807) is 0 Å². The molecule has 1 heterocycles. The van der Waals surface area contributed by atoms with E-state index in [1.165, 1.54) is 24.0 Å². The zero-order valence-electron chi connectivity index (χ0n) is 11.9. The molecule has 1 saturated heterocycles. The van der Waals surface area contributed by atoms with Crippen LogP contribution in [0.5, 0.6) is 0 Å². The van der Waals surface area contributed by atoms with Crippen molar-refractivity contribution in [3.8, 4) is 0 Å². The van der Waals surface area contributed by atoms with Crippen LogP contribution in [0.15, 0.2) is 18.2 Å². The topological polar surface area (TPSA) is 15.3 Å². The number of aryl methyl sites for hydroxylation is 1. The molecule has 1 saturated carbocycles. The van der Waals surface area contributed by atoms with Crippen LogP contribution in [0.25, 0.3) is 0 Å². The molecule has 104 valence electrons. The first kappa shape index (κ1) is 13.4. The number of rotatable bonds is 3. The van der Waals surface area contributed by atoms with E-state index in [-0.39, 0.29) is 0 Å². The number of halogens is 1. The fourth-order valence-electron chi connectivity index (χ4n) is 3.28. The average Bonchev–Trinajstić information content (AvgIpc) is 3.19. The van der Waals surface area contributed by atoms with Crippen molar-refractivity contribution >= 4 is 11.6 Å². The maximum Gasteiger partial charge on any atom is 0.0453 e. The zero-order chi connectivity index (χ0) is 13.5. The van der Waals surface area contributed by atoms with Crippen LogP contribution in [-0.4, -0.2) is 30.1 Å². The average molecular weight is 279 g/mol. The second kappa shape index (κ2) is 5.08. The van der Waals surface area contributed by atoms with E-state index in [9.17, 15) is 0 Å². The van der Waals surface area contributed by atoms with Crippen LogP contribution in [0.2, 0.25) is 5.02 Å². The Morgan fingerprint density at radius 3 is 2.89 bits per heavy atom. The predicted molar refractivity (Wildman–Crippen MR) is 80.6 cm³/mol. The minimum atomic E-state index is 0.312.